The fourth-order valence-corrected chi connectivity index (χ4v) is 4.11. The molecule has 1 aromatic carbocycles. The summed E-state index contributed by atoms with van der Waals surface area (Å²) in [5.74, 6) is 2.51. The summed E-state index contributed by atoms with van der Waals surface area (Å²) in [6, 6.07) is 5.26. The number of rotatable bonds is 5. The number of hydrogen-bond donors (Lipinski definition) is 2. The summed E-state index contributed by atoms with van der Waals surface area (Å²) in [5.41, 5.74) is 1.39. The number of hydrogen-bond acceptors (Lipinski definition) is 3. The minimum absolute atomic E-state index is 0.259. The van der Waals surface area contributed by atoms with Gasteiger partial charge >= 0.3 is 0 Å². The van der Waals surface area contributed by atoms with Gasteiger partial charge in [0.15, 0.2) is 5.96 Å². The van der Waals surface area contributed by atoms with Gasteiger partial charge in [0.1, 0.15) is 11.6 Å². The standard InChI is InChI=1S/C18H24FN5S/c1-13-21-7-8-24(13)17-6-5-14(10-16(17)19)11-22-18(20-2)23-12-15-4-3-9-25-15/h5-8,10,15H,3-4,9,11-12H2,1-2H3,(H2,20,22,23). The van der Waals surface area contributed by atoms with Crippen LogP contribution in [0.4, 0.5) is 4.39 Å². The maximum absolute atomic E-state index is 14.4. The summed E-state index contributed by atoms with van der Waals surface area (Å²) >= 11 is 2.01. The van der Waals surface area contributed by atoms with Crippen molar-refractivity contribution >= 4 is 17.7 Å². The lowest BCUT2D eigenvalue weighted by atomic mass is 10.2. The molecule has 7 heteroatoms. The number of benzene rings is 1. The van der Waals surface area contributed by atoms with Gasteiger partial charge < -0.3 is 15.2 Å². The van der Waals surface area contributed by atoms with Crippen LogP contribution in [0.25, 0.3) is 5.69 Å². The Balaban J connectivity index is 1.57. The van der Waals surface area contributed by atoms with Gasteiger partial charge in [0.05, 0.1) is 5.69 Å². The number of aromatic nitrogens is 2. The van der Waals surface area contributed by atoms with Gasteiger partial charge in [0, 0.05) is 37.8 Å². The number of guanidine groups is 1. The first-order valence-electron chi connectivity index (χ1n) is 8.52. The van der Waals surface area contributed by atoms with Crippen LogP contribution >= 0.6 is 11.8 Å². The molecule has 1 saturated heterocycles. The van der Waals surface area contributed by atoms with Crippen molar-refractivity contribution in [3.8, 4) is 5.69 Å². The van der Waals surface area contributed by atoms with E-state index >= 15 is 0 Å². The summed E-state index contributed by atoms with van der Waals surface area (Å²) in [5, 5.41) is 7.26. The summed E-state index contributed by atoms with van der Waals surface area (Å²) in [6.45, 7) is 3.29. The molecule has 25 heavy (non-hydrogen) atoms. The van der Waals surface area contributed by atoms with Crippen LogP contribution in [0.2, 0.25) is 0 Å². The molecule has 0 aliphatic carbocycles. The molecule has 1 aliphatic heterocycles. The number of halogens is 1. The molecule has 3 rings (SSSR count). The molecule has 0 spiro atoms. The molecule has 0 amide bonds. The van der Waals surface area contributed by atoms with Gasteiger partial charge in [-0.2, -0.15) is 11.8 Å². The van der Waals surface area contributed by atoms with Crippen molar-refractivity contribution in [3.63, 3.8) is 0 Å². The average Bonchev–Trinajstić information content (AvgIpc) is 3.27. The molecule has 1 unspecified atom stereocenters. The fraction of sp³-hybridized carbons (Fsp3) is 0.444. The van der Waals surface area contributed by atoms with E-state index in [2.05, 4.69) is 20.6 Å². The van der Waals surface area contributed by atoms with E-state index in [1.165, 1.54) is 18.6 Å². The molecule has 5 nitrogen and oxygen atoms in total. The maximum atomic E-state index is 14.4. The highest BCUT2D eigenvalue weighted by atomic mass is 32.2. The van der Waals surface area contributed by atoms with Crippen molar-refractivity contribution in [2.75, 3.05) is 19.3 Å². The average molecular weight is 361 g/mol. The predicted molar refractivity (Wildman–Crippen MR) is 102 cm³/mol. The third-order valence-electron chi connectivity index (χ3n) is 4.30. The Kier molecular flexibility index (Phi) is 5.96. The Morgan fingerprint density at radius 2 is 2.32 bits per heavy atom. The quantitative estimate of drug-likeness (QED) is 0.635. The van der Waals surface area contributed by atoms with Gasteiger partial charge in [-0.3, -0.25) is 4.99 Å². The highest BCUT2D eigenvalue weighted by Gasteiger charge is 2.15. The van der Waals surface area contributed by atoms with Crippen LogP contribution in [0, 0.1) is 12.7 Å². The van der Waals surface area contributed by atoms with Crippen LogP contribution in [0.15, 0.2) is 35.6 Å². The van der Waals surface area contributed by atoms with Crippen LogP contribution in [-0.2, 0) is 6.54 Å². The van der Waals surface area contributed by atoms with E-state index in [0.29, 0.717) is 17.5 Å². The second kappa shape index (κ2) is 8.38. The number of nitrogens with zero attached hydrogens (tertiary/aromatic N) is 3. The number of imidazole rings is 1. The van der Waals surface area contributed by atoms with E-state index in [0.717, 1.165) is 23.9 Å². The highest BCUT2D eigenvalue weighted by Crippen LogP contribution is 2.25. The predicted octanol–water partition coefficient (Wildman–Crippen LogP) is 2.88. The lowest BCUT2D eigenvalue weighted by Gasteiger charge is -2.15. The molecule has 0 radical (unpaired) electrons. The number of aryl methyl sites for hydroxylation is 1. The Hall–Kier alpha value is -2.02. The molecule has 0 saturated carbocycles. The van der Waals surface area contributed by atoms with Crippen LogP contribution in [-0.4, -0.2) is 40.1 Å². The van der Waals surface area contributed by atoms with E-state index in [1.54, 1.807) is 36.1 Å². The summed E-state index contributed by atoms with van der Waals surface area (Å²) in [7, 11) is 1.75. The lowest BCUT2D eigenvalue weighted by molar-refractivity contribution is 0.613. The summed E-state index contributed by atoms with van der Waals surface area (Å²) < 4.78 is 16.2. The molecule has 2 N–H and O–H groups in total. The second-order valence-electron chi connectivity index (χ2n) is 6.07. The van der Waals surface area contributed by atoms with Crippen molar-refractivity contribution in [3.05, 3.63) is 47.8 Å². The Morgan fingerprint density at radius 3 is 2.96 bits per heavy atom. The normalized spacial score (nSPS) is 17.7. The van der Waals surface area contributed by atoms with Crippen molar-refractivity contribution in [1.29, 1.82) is 0 Å². The molecule has 134 valence electrons. The van der Waals surface area contributed by atoms with E-state index in [-0.39, 0.29) is 5.82 Å². The number of thioether (sulfide) groups is 1. The fourth-order valence-electron chi connectivity index (χ4n) is 2.91. The van der Waals surface area contributed by atoms with Crippen molar-refractivity contribution in [2.45, 2.75) is 31.6 Å². The minimum Gasteiger partial charge on any atom is -0.355 e. The van der Waals surface area contributed by atoms with Gasteiger partial charge in [0.2, 0.25) is 0 Å². The zero-order chi connectivity index (χ0) is 17.6. The third kappa shape index (κ3) is 4.54. The Labute approximate surface area is 152 Å². The molecule has 1 aliphatic rings. The largest absolute Gasteiger partial charge is 0.355 e. The lowest BCUT2D eigenvalue weighted by Crippen LogP contribution is -2.39. The first-order chi connectivity index (χ1) is 12.2. The van der Waals surface area contributed by atoms with Gasteiger partial charge in [-0.05, 0) is 43.2 Å². The van der Waals surface area contributed by atoms with E-state index in [9.17, 15) is 4.39 Å². The molecule has 1 fully saturated rings. The molecular weight excluding hydrogens is 337 g/mol. The van der Waals surface area contributed by atoms with Crippen LogP contribution in [0.1, 0.15) is 24.2 Å². The van der Waals surface area contributed by atoms with E-state index in [4.69, 9.17) is 0 Å². The molecule has 1 aromatic heterocycles. The first kappa shape index (κ1) is 17.8. The van der Waals surface area contributed by atoms with E-state index < -0.39 is 0 Å². The number of nitrogens with one attached hydrogen (secondary N) is 2. The second-order valence-corrected chi connectivity index (χ2v) is 7.48. The summed E-state index contributed by atoms with van der Waals surface area (Å²) in [4.78, 5) is 8.37. The van der Waals surface area contributed by atoms with Crippen molar-refractivity contribution in [2.24, 2.45) is 4.99 Å². The molecule has 1 atom stereocenters. The first-order valence-corrected chi connectivity index (χ1v) is 9.57. The van der Waals surface area contributed by atoms with Crippen LogP contribution in [0.3, 0.4) is 0 Å². The van der Waals surface area contributed by atoms with Gasteiger partial charge in [-0.1, -0.05) is 6.07 Å². The van der Waals surface area contributed by atoms with E-state index in [1.807, 2.05) is 24.8 Å². The van der Waals surface area contributed by atoms with Crippen molar-refractivity contribution < 1.29 is 4.39 Å². The molecule has 0 bridgehead atoms. The zero-order valence-electron chi connectivity index (χ0n) is 14.6. The van der Waals surface area contributed by atoms with Crippen LogP contribution < -0.4 is 10.6 Å². The molecule has 2 heterocycles. The van der Waals surface area contributed by atoms with Gasteiger partial charge in [0.25, 0.3) is 0 Å². The smallest absolute Gasteiger partial charge is 0.191 e. The molecule has 2 aromatic rings. The highest BCUT2D eigenvalue weighted by molar-refractivity contribution is 8.00. The number of aliphatic imine (C=N–C) groups is 1. The maximum Gasteiger partial charge on any atom is 0.191 e. The summed E-state index contributed by atoms with van der Waals surface area (Å²) in [6.07, 6.45) is 5.99. The van der Waals surface area contributed by atoms with Crippen molar-refractivity contribution in [1.82, 2.24) is 20.2 Å². The van der Waals surface area contributed by atoms with Crippen LogP contribution in [0.5, 0.6) is 0 Å². The van der Waals surface area contributed by atoms with Gasteiger partial charge in [-0.15, -0.1) is 0 Å². The zero-order valence-corrected chi connectivity index (χ0v) is 15.4. The monoisotopic (exact) mass is 361 g/mol. The van der Waals surface area contributed by atoms with Gasteiger partial charge in [-0.25, -0.2) is 9.37 Å². The topological polar surface area (TPSA) is 54.2 Å². The SMILES string of the molecule is CN=C(NCc1ccc(-n2ccnc2C)c(F)c1)NCC1CCCS1. The molecular formula is C18H24FN5S. The third-order valence-corrected chi connectivity index (χ3v) is 5.70. The minimum atomic E-state index is -0.259. The Bertz CT molecular complexity index is 737. The Morgan fingerprint density at radius 1 is 1.44 bits per heavy atom.